The molecule has 0 spiro atoms. The fourth-order valence-electron chi connectivity index (χ4n) is 1.25. The highest BCUT2D eigenvalue weighted by Crippen LogP contribution is 2.24. The number of nitrogens with two attached hydrogens (primary N) is 1. The van der Waals surface area contributed by atoms with Crippen molar-refractivity contribution >= 4 is 17.5 Å². The second-order valence-electron chi connectivity index (χ2n) is 3.29. The number of hydrogen-bond donors (Lipinski definition) is 2. The summed E-state index contributed by atoms with van der Waals surface area (Å²) in [6.07, 6.45) is 0.740. The molecule has 0 saturated carbocycles. The van der Waals surface area contributed by atoms with Crippen LogP contribution in [0.1, 0.15) is 0 Å². The Kier molecular flexibility index (Phi) is 3.00. The van der Waals surface area contributed by atoms with E-state index in [9.17, 15) is 17.6 Å². The molecular formula is C10H6F4N4. The zero-order valence-electron chi connectivity index (χ0n) is 8.72. The lowest BCUT2D eigenvalue weighted by Crippen LogP contribution is -2.05. The van der Waals surface area contributed by atoms with Gasteiger partial charge in [-0.2, -0.15) is 4.98 Å². The van der Waals surface area contributed by atoms with Crippen LogP contribution in [0.25, 0.3) is 0 Å². The molecule has 0 fully saturated rings. The van der Waals surface area contributed by atoms with Crippen molar-refractivity contribution in [1.29, 1.82) is 0 Å². The summed E-state index contributed by atoms with van der Waals surface area (Å²) in [5, 5.41) is 2.05. The van der Waals surface area contributed by atoms with Crippen LogP contribution in [0.3, 0.4) is 0 Å². The first-order valence-electron chi connectivity index (χ1n) is 4.67. The lowest BCUT2D eigenvalue weighted by atomic mass is 10.2. The Morgan fingerprint density at radius 1 is 1.00 bits per heavy atom. The Labute approximate surface area is 98.5 Å². The van der Waals surface area contributed by atoms with Crippen molar-refractivity contribution in [3.05, 3.63) is 41.6 Å². The first kappa shape index (κ1) is 12.1. The third-order valence-corrected chi connectivity index (χ3v) is 2.01. The van der Waals surface area contributed by atoms with Gasteiger partial charge in [-0.3, -0.25) is 0 Å². The minimum Gasteiger partial charge on any atom is -0.368 e. The van der Waals surface area contributed by atoms with Gasteiger partial charge in [0, 0.05) is 12.1 Å². The molecule has 2 aromatic rings. The van der Waals surface area contributed by atoms with Crippen LogP contribution in [0.15, 0.2) is 18.3 Å². The number of nitrogens with one attached hydrogen (secondary N) is 1. The molecule has 3 N–H and O–H groups in total. The number of rotatable bonds is 2. The van der Waals surface area contributed by atoms with Gasteiger partial charge in [0.2, 0.25) is 5.95 Å². The largest absolute Gasteiger partial charge is 0.368 e. The van der Waals surface area contributed by atoms with Gasteiger partial charge in [-0.15, -0.1) is 0 Å². The summed E-state index contributed by atoms with van der Waals surface area (Å²) in [5.74, 6) is -5.26. The van der Waals surface area contributed by atoms with E-state index in [1.807, 2.05) is 0 Å². The molecule has 0 aliphatic rings. The van der Waals surface area contributed by atoms with Crippen LogP contribution in [0.5, 0.6) is 0 Å². The van der Waals surface area contributed by atoms with E-state index in [2.05, 4.69) is 15.3 Å². The molecule has 1 aromatic carbocycles. The number of aromatic nitrogens is 2. The zero-order valence-corrected chi connectivity index (χ0v) is 8.72. The van der Waals surface area contributed by atoms with Crippen LogP contribution in [0, 0.1) is 23.3 Å². The van der Waals surface area contributed by atoms with E-state index in [4.69, 9.17) is 5.73 Å². The van der Waals surface area contributed by atoms with E-state index < -0.39 is 34.8 Å². The summed E-state index contributed by atoms with van der Waals surface area (Å²) in [6.45, 7) is 0. The summed E-state index contributed by atoms with van der Waals surface area (Å²) in [5.41, 5.74) is 4.48. The van der Waals surface area contributed by atoms with Crippen LogP contribution in [-0.2, 0) is 0 Å². The number of hydrogen-bond acceptors (Lipinski definition) is 4. The summed E-state index contributed by atoms with van der Waals surface area (Å²) in [4.78, 5) is 6.77. The molecule has 0 unspecified atom stereocenters. The number of halogens is 4. The predicted octanol–water partition coefficient (Wildman–Crippen LogP) is 2.36. The third kappa shape index (κ3) is 2.31. The predicted molar refractivity (Wildman–Crippen MR) is 56.0 cm³/mol. The number of benzene rings is 1. The van der Waals surface area contributed by atoms with E-state index in [1.54, 1.807) is 0 Å². The Bertz CT molecular complexity index is 579. The molecule has 0 aliphatic heterocycles. The Morgan fingerprint density at radius 2 is 1.61 bits per heavy atom. The minimum atomic E-state index is -1.22. The van der Waals surface area contributed by atoms with Gasteiger partial charge in [0.05, 0.1) is 6.20 Å². The van der Waals surface area contributed by atoms with E-state index in [1.165, 1.54) is 0 Å². The van der Waals surface area contributed by atoms with Crippen molar-refractivity contribution in [2.24, 2.45) is 0 Å². The van der Waals surface area contributed by atoms with Crippen molar-refractivity contribution in [3.8, 4) is 0 Å². The first-order chi connectivity index (χ1) is 8.47. The Balaban J connectivity index is 2.43. The SMILES string of the molecule is Nc1ncc(F)c(Nc2c(F)cc(F)cc2F)n1. The van der Waals surface area contributed by atoms with Gasteiger partial charge in [0.1, 0.15) is 11.5 Å². The van der Waals surface area contributed by atoms with Crippen LogP contribution in [-0.4, -0.2) is 9.97 Å². The van der Waals surface area contributed by atoms with Gasteiger partial charge in [0.15, 0.2) is 23.3 Å². The van der Waals surface area contributed by atoms with Crippen LogP contribution >= 0.6 is 0 Å². The third-order valence-electron chi connectivity index (χ3n) is 2.01. The van der Waals surface area contributed by atoms with E-state index in [-0.39, 0.29) is 5.95 Å². The highest BCUT2D eigenvalue weighted by atomic mass is 19.1. The van der Waals surface area contributed by atoms with Gasteiger partial charge < -0.3 is 11.1 Å². The van der Waals surface area contributed by atoms with Crippen LogP contribution in [0.2, 0.25) is 0 Å². The quantitative estimate of drug-likeness (QED) is 0.811. The van der Waals surface area contributed by atoms with Crippen molar-refractivity contribution in [2.75, 3.05) is 11.1 Å². The molecule has 0 atom stereocenters. The standard InChI is InChI=1S/C10H6F4N4/c11-4-1-5(12)8(6(13)2-4)17-9-7(14)3-16-10(15)18-9/h1-3H,(H3,15,16,17,18). The Hall–Kier alpha value is -2.38. The van der Waals surface area contributed by atoms with E-state index in [0.29, 0.717) is 12.1 Å². The summed E-state index contributed by atoms with van der Waals surface area (Å²) in [6, 6.07) is 0.904. The van der Waals surface area contributed by atoms with Crippen molar-refractivity contribution in [2.45, 2.75) is 0 Å². The molecule has 4 nitrogen and oxygen atoms in total. The highest BCUT2D eigenvalue weighted by Gasteiger charge is 2.14. The molecule has 18 heavy (non-hydrogen) atoms. The van der Waals surface area contributed by atoms with Crippen molar-refractivity contribution < 1.29 is 17.6 Å². The minimum absolute atomic E-state index is 0.276. The Morgan fingerprint density at radius 3 is 2.22 bits per heavy atom. The number of nitrogen functional groups attached to an aromatic ring is 1. The molecular weight excluding hydrogens is 252 g/mol. The molecule has 94 valence electrons. The van der Waals surface area contributed by atoms with Gasteiger partial charge in [-0.25, -0.2) is 22.5 Å². The molecule has 0 bridgehead atoms. The van der Waals surface area contributed by atoms with E-state index in [0.717, 1.165) is 6.20 Å². The second-order valence-corrected chi connectivity index (χ2v) is 3.29. The maximum absolute atomic E-state index is 13.3. The van der Waals surface area contributed by atoms with Crippen molar-refractivity contribution in [3.63, 3.8) is 0 Å². The fourth-order valence-corrected chi connectivity index (χ4v) is 1.25. The van der Waals surface area contributed by atoms with Crippen molar-refractivity contribution in [1.82, 2.24) is 9.97 Å². The van der Waals surface area contributed by atoms with Gasteiger partial charge in [-0.05, 0) is 0 Å². The summed E-state index contributed by atoms with van der Waals surface area (Å²) >= 11 is 0. The highest BCUT2D eigenvalue weighted by molar-refractivity contribution is 5.58. The van der Waals surface area contributed by atoms with Crippen LogP contribution < -0.4 is 11.1 Å². The molecule has 8 heteroatoms. The monoisotopic (exact) mass is 258 g/mol. The van der Waals surface area contributed by atoms with Gasteiger partial charge in [-0.1, -0.05) is 0 Å². The maximum atomic E-state index is 13.3. The lowest BCUT2D eigenvalue weighted by Gasteiger charge is -2.09. The molecule has 0 aliphatic carbocycles. The molecule has 1 heterocycles. The average molecular weight is 258 g/mol. The molecule has 2 rings (SSSR count). The van der Waals surface area contributed by atoms with Gasteiger partial charge >= 0.3 is 0 Å². The fraction of sp³-hybridized carbons (Fsp3) is 0. The summed E-state index contributed by atoms with van der Waals surface area (Å²) < 4.78 is 52.5. The zero-order chi connectivity index (χ0) is 13.3. The average Bonchev–Trinajstić information content (AvgIpc) is 2.28. The molecule has 0 radical (unpaired) electrons. The molecule has 1 aromatic heterocycles. The van der Waals surface area contributed by atoms with Gasteiger partial charge in [0.25, 0.3) is 0 Å². The molecule has 0 saturated heterocycles. The second kappa shape index (κ2) is 4.47. The maximum Gasteiger partial charge on any atom is 0.222 e. The topological polar surface area (TPSA) is 63.8 Å². The smallest absolute Gasteiger partial charge is 0.222 e. The molecule has 0 amide bonds. The number of nitrogens with zero attached hydrogens (tertiary/aromatic N) is 2. The van der Waals surface area contributed by atoms with Crippen LogP contribution in [0.4, 0.5) is 35.0 Å². The summed E-state index contributed by atoms with van der Waals surface area (Å²) in [7, 11) is 0. The number of anilines is 3. The normalized spacial score (nSPS) is 10.4. The van der Waals surface area contributed by atoms with E-state index >= 15 is 0 Å². The first-order valence-corrected chi connectivity index (χ1v) is 4.67. The lowest BCUT2D eigenvalue weighted by molar-refractivity contribution is 0.548.